The Morgan fingerprint density at radius 2 is 1.33 bits per heavy atom. The van der Waals surface area contributed by atoms with Crippen molar-refractivity contribution in [3.63, 3.8) is 0 Å². The van der Waals surface area contributed by atoms with Crippen LogP contribution in [0, 0.1) is 0 Å². The summed E-state index contributed by atoms with van der Waals surface area (Å²) in [6.45, 7) is 2.26. The summed E-state index contributed by atoms with van der Waals surface area (Å²) in [6, 6.07) is 49.2. The molecule has 0 N–H and O–H groups in total. The lowest BCUT2D eigenvalue weighted by Gasteiger charge is -2.21. The Kier molecular flexibility index (Phi) is 6.18. The van der Waals surface area contributed by atoms with E-state index in [1.807, 2.05) is 6.07 Å². The van der Waals surface area contributed by atoms with Crippen LogP contribution in [0.5, 0.6) is 0 Å². The molecule has 0 fully saturated rings. The molecule has 3 heterocycles. The zero-order valence-corrected chi connectivity index (χ0v) is 27.0. The first-order valence-electron chi connectivity index (χ1n) is 16.9. The zero-order valence-electron chi connectivity index (χ0n) is 27.0. The number of hydrogen-bond acceptors (Lipinski definition) is 3. The molecule has 3 aromatic heterocycles. The van der Waals surface area contributed by atoms with Gasteiger partial charge in [-0.1, -0.05) is 134 Å². The van der Waals surface area contributed by atoms with Gasteiger partial charge in [0.05, 0.1) is 16.9 Å². The molecule has 0 radical (unpaired) electrons. The number of furan rings is 1. The minimum Gasteiger partial charge on any atom is -0.454 e. The van der Waals surface area contributed by atoms with Gasteiger partial charge in [0.1, 0.15) is 11.1 Å². The van der Waals surface area contributed by atoms with Crippen LogP contribution in [0.2, 0.25) is 0 Å². The predicted octanol–water partition coefficient (Wildman–Crippen LogP) is 12.0. The van der Waals surface area contributed by atoms with E-state index in [0.717, 1.165) is 83.8 Å². The Morgan fingerprint density at radius 3 is 2.16 bits per heavy atom. The van der Waals surface area contributed by atoms with Gasteiger partial charge in [-0.15, -0.1) is 0 Å². The highest BCUT2D eigenvalue weighted by atomic mass is 16.3. The lowest BCUT2D eigenvalue weighted by Crippen LogP contribution is -2.12. The minimum atomic E-state index is 0.264. The molecule has 9 aromatic rings. The largest absolute Gasteiger partial charge is 0.454 e. The summed E-state index contributed by atoms with van der Waals surface area (Å²) in [5, 5.41) is 4.43. The Balaban J connectivity index is 1.36. The fourth-order valence-corrected chi connectivity index (χ4v) is 7.69. The van der Waals surface area contributed by atoms with Crippen molar-refractivity contribution in [2.45, 2.75) is 19.3 Å². The first kappa shape index (κ1) is 27.8. The molecule has 0 saturated heterocycles. The van der Waals surface area contributed by atoms with Crippen LogP contribution in [0.3, 0.4) is 0 Å². The molecule has 0 saturated carbocycles. The van der Waals surface area contributed by atoms with Crippen molar-refractivity contribution in [3.05, 3.63) is 157 Å². The van der Waals surface area contributed by atoms with Crippen LogP contribution in [0.25, 0.3) is 89.3 Å². The summed E-state index contributed by atoms with van der Waals surface area (Å²) in [5.41, 5.74) is 12.6. The van der Waals surface area contributed by atoms with Gasteiger partial charge < -0.3 is 4.42 Å². The lowest BCUT2D eigenvalue weighted by atomic mass is 9.90. The second-order valence-corrected chi connectivity index (χ2v) is 13.0. The summed E-state index contributed by atoms with van der Waals surface area (Å²) in [6.07, 6.45) is 5.39. The molecule has 4 heteroatoms. The van der Waals surface area contributed by atoms with Crippen LogP contribution in [0.1, 0.15) is 30.5 Å². The van der Waals surface area contributed by atoms with Crippen molar-refractivity contribution >= 4 is 49.8 Å². The summed E-state index contributed by atoms with van der Waals surface area (Å²) >= 11 is 0. The van der Waals surface area contributed by atoms with Crippen LogP contribution < -0.4 is 0 Å². The van der Waals surface area contributed by atoms with Gasteiger partial charge in [0, 0.05) is 38.6 Å². The van der Waals surface area contributed by atoms with Gasteiger partial charge in [-0.25, -0.2) is 9.97 Å². The monoisotopic (exact) mass is 629 g/mol. The van der Waals surface area contributed by atoms with Crippen molar-refractivity contribution in [2.75, 3.05) is 0 Å². The number of para-hydroxylation sites is 2. The average molecular weight is 630 g/mol. The molecule has 0 amide bonds. The highest BCUT2D eigenvalue weighted by Gasteiger charge is 2.27. The zero-order chi connectivity index (χ0) is 32.5. The van der Waals surface area contributed by atoms with Crippen LogP contribution in [-0.2, 0) is 0 Å². The number of allylic oxidation sites excluding steroid dienone is 1. The topological polar surface area (TPSA) is 43.9 Å². The second kappa shape index (κ2) is 10.9. The first-order valence-corrected chi connectivity index (χ1v) is 16.9. The van der Waals surface area contributed by atoms with E-state index in [9.17, 15) is 0 Å². The van der Waals surface area contributed by atoms with E-state index in [-0.39, 0.29) is 5.92 Å². The van der Waals surface area contributed by atoms with Gasteiger partial charge in [-0.05, 0) is 52.9 Å². The molecule has 0 aliphatic heterocycles. The number of benzene rings is 6. The molecule has 1 aliphatic carbocycles. The molecule has 4 nitrogen and oxygen atoms in total. The third-order valence-corrected chi connectivity index (χ3v) is 10.0. The average Bonchev–Trinajstić information content (AvgIpc) is 3.71. The van der Waals surface area contributed by atoms with Gasteiger partial charge in [-0.2, -0.15) is 0 Å². The number of hydrogen-bond donors (Lipinski definition) is 0. The van der Waals surface area contributed by atoms with Crippen LogP contribution in [-0.4, -0.2) is 14.5 Å². The van der Waals surface area contributed by atoms with Crippen molar-refractivity contribution in [3.8, 4) is 39.5 Å². The van der Waals surface area contributed by atoms with Gasteiger partial charge in [0.2, 0.25) is 5.95 Å². The molecule has 0 spiro atoms. The van der Waals surface area contributed by atoms with E-state index in [1.54, 1.807) is 0 Å². The third kappa shape index (κ3) is 4.31. The van der Waals surface area contributed by atoms with Gasteiger partial charge in [0.25, 0.3) is 0 Å². The van der Waals surface area contributed by atoms with E-state index < -0.39 is 0 Å². The van der Waals surface area contributed by atoms with Crippen molar-refractivity contribution in [1.82, 2.24) is 14.5 Å². The van der Waals surface area contributed by atoms with E-state index in [2.05, 4.69) is 157 Å². The van der Waals surface area contributed by atoms with Crippen molar-refractivity contribution < 1.29 is 4.42 Å². The van der Waals surface area contributed by atoms with Gasteiger partial charge >= 0.3 is 0 Å². The minimum absolute atomic E-state index is 0.264. The predicted molar refractivity (Wildman–Crippen MR) is 202 cm³/mol. The highest BCUT2D eigenvalue weighted by molar-refractivity contribution is 6.26. The van der Waals surface area contributed by atoms with E-state index in [1.165, 1.54) is 11.1 Å². The number of aromatic nitrogens is 3. The lowest BCUT2D eigenvalue weighted by molar-refractivity contribution is 0.670. The fraction of sp³-hybridized carbons (Fsp3) is 0.0667. The summed E-state index contributed by atoms with van der Waals surface area (Å²) in [7, 11) is 0. The summed E-state index contributed by atoms with van der Waals surface area (Å²) < 4.78 is 9.05. The Hall–Kier alpha value is -6.26. The second-order valence-electron chi connectivity index (χ2n) is 13.0. The first-order chi connectivity index (χ1) is 24.2. The Morgan fingerprint density at radius 1 is 0.633 bits per heavy atom. The maximum Gasteiger partial charge on any atom is 0.235 e. The number of nitrogens with zero attached hydrogens (tertiary/aromatic N) is 3. The Labute approximate surface area is 283 Å². The number of rotatable bonds is 4. The molecule has 1 unspecified atom stereocenters. The standard InChI is InChI=1S/C45H31N3O/c1-28-14-12-23-35-41(28)46-45(47-42(35)30-17-6-3-7-18-30)48-38-24-10-8-22-34(38)40-36(32-20-13-19-31(26-32)29-15-4-2-5-16-29)27-37-33-21-9-11-25-39(33)49-44(37)43(40)48/h2-13,15-28H,14H2,1H3. The number of fused-ring (bicyclic) bond motifs is 8. The van der Waals surface area contributed by atoms with E-state index in [4.69, 9.17) is 14.4 Å². The molecule has 1 atom stereocenters. The quantitative estimate of drug-likeness (QED) is 0.195. The molecule has 10 rings (SSSR count). The van der Waals surface area contributed by atoms with Crippen LogP contribution >= 0.6 is 0 Å². The van der Waals surface area contributed by atoms with Crippen LogP contribution in [0.4, 0.5) is 0 Å². The molecular formula is C45H31N3O. The normalized spacial score (nSPS) is 14.3. The maximum atomic E-state index is 6.80. The summed E-state index contributed by atoms with van der Waals surface area (Å²) in [5.74, 6) is 0.919. The van der Waals surface area contributed by atoms with Crippen LogP contribution in [0.15, 0.2) is 150 Å². The molecule has 1 aliphatic rings. The molecular weight excluding hydrogens is 599 g/mol. The maximum absolute atomic E-state index is 6.80. The van der Waals surface area contributed by atoms with Gasteiger partial charge in [-0.3, -0.25) is 4.57 Å². The van der Waals surface area contributed by atoms with E-state index >= 15 is 0 Å². The molecule has 6 aromatic carbocycles. The highest BCUT2D eigenvalue weighted by Crippen LogP contribution is 2.46. The molecule has 232 valence electrons. The van der Waals surface area contributed by atoms with Crippen molar-refractivity contribution in [1.29, 1.82) is 0 Å². The van der Waals surface area contributed by atoms with Crippen molar-refractivity contribution in [2.24, 2.45) is 0 Å². The smallest absolute Gasteiger partial charge is 0.235 e. The third-order valence-electron chi connectivity index (χ3n) is 10.0. The fourth-order valence-electron chi connectivity index (χ4n) is 7.69. The molecule has 0 bridgehead atoms. The van der Waals surface area contributed by atoms with Gasteiger partial charge in [0.15, 0.2) is 5.58 Å². The Bertz CT molecular complexity index is 2750. The molecule has 49 heavy (non-hydrogen) atoms. The SMILES string of the molecule is CC1CC=Cc2c(-c3ccccc3)nc(-n3c4ccccc4c4c(-c5cccc(-c6ccccc6)c5)cc5c6ccccc6oc5c43)nc21. The van der Waals surface area contributed by atoms with E-state index in [0.29, 0.717) is 5.95 Å². The summed E-state index contributed by atoms with van der Waals surface area (Å²) in [4.78, 5) is 10.8.